The first-order valence-electron chi connectivity index (χ1n) is 5.49. The lowest BCUT2D eigenvalue weighted by Crippen LogP contribution is -2.19. The predicted molar refractivity (Wildman–Crippen MR) is 82.9 cm³/mol. The largest absolute Gasteiger partial charge is 0.388 e. The molecule has 18 heavy (non-hydrogen) atoms. The fraction of sp³-hybridized carbons (Fsp3) is 0.231. The van der Waals surface area contributed by atoms with Crippen LogP contribution in [0.1, 0.15) is 23.1 Å². The Morgan fingerprint density at radius 2 is 1.83 bits per heavy atom. The molecule has 0 saturated carbocycles. The summed E-state index contributed by atoms with van der Waals surface area (Å²) in [5.41, 5.74) is 7.77. The molecule has 3 N–H and O–H groups in total. The summed E-state index contributed by atoms with van der Waals surface area (Å²) in [4.78, 5) is 0. The Balaban J connectivity index is 2.25. The van der Waals surface area contributed by atoms with Gasteiger partial charge in [-0.05, 0) is 50.6 Å². The summed E-state index contributed by atoms with van der Waals surface area (Å²) in [7, 11) is 0. The standard InChI is InChI=1S/C13H13Br2NOS/c14-10-3-1-8(2-4-10)11(6-16)13(17)9-5-12(15)18-7-9/h1-5,7,11,13,17H,6,16H2. The van der Waals surface area contributed by atoms with Crippen molar-refractivity contribution in [2.24, 2.45) is 5.73 Å². The van der Waals surface area contributed by atoms with Crippen LogP contribution in [0.15, 0.2) is 44.0 Å². The molecule has 0 aliphatic heterocycles. The zero-order valence-corrected chi connectivity index (χ0v) is 13.5. The second-order valence-corrected chi connectivity index (χ2v) is 7.23. The van der Waals surface area contributed by atoms with Crippen molar-refractivity contribution in [1.82, 2.24) is 0 Å². The molecule has 2 aromatic rings. The highest BCUT2D eigenvalue weighted by atomic mass is 79.9. The van der Waals surface area contributed by atoms with Crippen molar-refractivity contribution in [1.29, 1.82) is 0 Å². The van der Waals surface area contributed by atoms with Gasteiger partial charge in [0, 0.05) is 16.9 Å². The number of thiophene rings is 1. The molecule has 0 radical (unpaired) electrons. The number of nitrogens with two attached hydrogens (primary N) is 1. The Labute approximate surface area is 127 Å². The van der Waals surface area contributed by atoms with Gasteiger partial charge in [-0.15, -0.1) is 11.3 Å². The molecule has 2 rings (SSSR count). The van der Waals surface area contributed by atoms with Crippen LogP contribution in [0.4, 0.5) is 0 Å². The summed E-state index contributed by atoms with van der Waals surface area (Å²) < 4.78 is 2.04. The quantitative estimate of drug-likeness (QED) is 0.827. The van der Waals surface area contributed by atoms with Crippen LogP contribution in [0.5, 0.6) is 0 Å². The van der Waals surface area contributed by atoms with E-state index in [2.05, 4.69) is 31.9 Å². The number of hydrogen-bond acceptors (Lipinski definition) is 3. The van der Waals surface area contributed by atoms with Gasteiger partial charge in [0.1, 0.15) is 0 Å². The zero-order valence-electron chi connectivity index (χ0n) is 9.51. The summed E-state index contributed by atoms with van der Waals surface area (Å²) in [6.07, 6.45) is -0.571. The van der Waals surface area contributed by atoms with Gasteiger partial charge in [-0.25, -0.2) is 0 Å². The van der Waals surface area contributed by atoms with Crippen molar-refractivity contribution in [2.75, 3.05) is 6.54 Å². The van der Waals surface area contributed by atoms with Crippen LogP contribution in [0.25, 0.3) is 0 Å². The van der Waals surface area contributed by atoms with Gasteiger partial charge in [0.2, 0.25) is 0 Å². The number of aliphatic hydroxyl groups excluding tert-OH is 1. The normalized spacial score (nSPS) is 14.4. The molecule has 0 aliphatic rings. The average molecular weight is 391 g/mol. The van der Waals surface area contributed by atoms with Gasteiger partial charge in [0.15, 0.2) is 0 Å². The van der Waals surface area contributed by atoms with Crippen LogP contribution in [0, 0.1) is 0 Å². The minimum Gasteiger partial charge on any atom is -0.388 e. The molecule has 0 amide bonds. The van der Waals surface area contributed by atoms with Crippen molar-refractivity contribution >= 4 is 43.2 Å². The summed E-state index contributed by atoms with van der Waals surface area (Å²) >= 11 is 8.38. The van der Waals surface area contributed by atoms with Gasteiger partial charge < -0.3 is 10.8 Å². The Kier molecular flexibility index (Phi) is 4.98. The maximum absolute atomic E-state index is 10.4. The number of aliphatic hydroxyl groups is 1. The molecular weight excluding hydrogens is 378 g/mol. The molecule has 2 unspecified atom stereocenters. The van der Waals surface area contributed by atoms with Crippen molar-refractivity contribution in [3.8, 4) is 0 Å². The molecule has 2 nitrogen and oxygen atoms in total. The van der Waals surface area contributed by atoms with Crippen molar-refractivity contribution < 1.29 is 5.11 Å². The van der Waals surface area contributed by atoms with Crippen LogP contribution in [-0.2, 0) is 0 Å². The Bertz CT molecular complexity index is 512. The van der Waals surface area contributed by atoms with E-state index >= 15 is 0 Å². The van der Waals surface area contributed by atoms with E-state index in [1.165, 1.54) is 0 Å². The third-order valence-corrected chi connectivity index (χ3v) is 4.91. The molecule has 1 heterocycles. The maximum Gasteiger partial charge on any atom is 0.0879 e. The van der Waals surface area contributed by atoms with Gasteiger partial charge in [-0.1, -0.05) is 28.1 Å². The maximum atomic E-state index is 10.4. The molecule has 0 bridgehead atoms. The molecule has 1 aromatic heterocycles. The Morgan fingerprint density at radius 3 is 2.33 bits per heavy atom. The third-order valence-electron chi connectivity index (χ3n) is 2.86. The first kappa shape index (κ1) is 14.2. The van der Waals surface area contributed by atoms with Crippen LogP contribution in [0.2, 0.25) is 0 Å². The third kappa shape index (κ3) is 3.22. The average Bonchev–Trinajstić information content (AvgIpc) is 2.79. The van der Waals surface area contributed by atoms with E-state index in [0.29, 0.717) is 6.54 Å². The predicted octanol–water partition coefficient (Wildman–Crippen LogP) is 4.05. The van der Waals surface area contributed by atoms with Gasteiger partial charge in [-0.2, -0.15) is 0 Å². The van der Waals surface area contributed by atoms with Crippen molar-refractivity contribution in [3.63, 3.8) is 0 Å². The molecular formula is C13H13Br2NOS. The molecule has 0 aliphatic carbocycles. The van der Waals surface area contributed by atoms with Gasteiger partial charge in [-0.3, -0.25) is 0 Å². The van der Waals surface area contributed by atoms with Crippen LogP contribution < -0.4 is 5.73 Å². The molecule has 2 atom stereocenters. The van der Waals surface area contributed by atoms with E-state index in [1.54, 1.807) is 11.3 Å². The number of halogens is 2. The second-order valence-electron chi connectivity index (χ2n) is 4.02. The van der Waals surface area contributed by atoms with Crippen LogP contribution >= 0.6 is 43.2 Å². The fourth-order valence-corrected chi connectivity index (χ4v) is 3.34. The van der Waals surface area contributed by atoms with E-state index in [9.17, 15) is 5.11 Å². The SMILES string of the molecule is NCC(c1ccc(Br)cc1)C(O)c1csc(Br)c1. The molecule has 1 aromatic carbocycles. The summed E-state index contributed by atoms with van der Waals surface area (Å²) in [6.45, 7) is 0.413. The van der Waals surface area contributed by atoms with E-state index in [4.69, 9.17) is 5.73 Å². The smallest absolute Gasteiger partial charge is 0.0879 e. The van der Waals surface area contributed by atoms with Crippen molar-refractivity contribution in [3.05, 3.63) is 55.1 Å². The van der Waals surface area contributed by atoms with E-state index in [1.807, 2.05) is 35.7 Å². The Hall–Kier alpha value is -0.200. The topological polar surface area (TPSA) is 46.2 Å². The highest BCUT2D eigenvalue weighted by Gasteiger charge is 2.22. The lowest BCUT2D eigenvalue weighted by molar-refractivity contribution is 0.148. The monoisotopic (exact) mass is 389 g/mol. The number of benzene rings is 1. The van der Waals surface area contributed by atoms with Gasteiger partial charge >= 0.3 is 0 Å². The lowest BCUT2D eigenvalue weighted by Gasteiger charge is -2.21. The lowest BCUT2D eigenvalue weighted by atomic mass is 9.90. The molecule has 0 fully saturated rings. The molecule has 96 valence electrons. The molecule has 5 heteroatoms. The summed E-state index contributed by atoms with van der Waals surface area (Å²) in [6, 6.07) is 9.86. The molecule has 0 spiro atoms. The van der Waals surface area contributed by atoms with E-state index in [0.717, 1.165) is 19.4 Å². The van der Waals surface area contributed by atoms with Crippen molar-refractivity contribution in [2.45, 2.75) is 12.0 Å². The van der Waals surface area contributed by atoms with E-state index < -0.39 is 6.10 Å². The highest BCUT2D eigenvalue weighted by molar-refractivity contribution is 9.11. The van der Waals surface area contributed by atoms with Crippen LogP contribution in [-0.4, -0.2) is 11.7 Å². The van der Waals surface area contributed by atoms with Crippen LogP contribution in [0.3, 0.4) is 0 Å². The molecule has 0 saturated heterocycles. The zero-order chi connectivity index (χ0) is 13.1. The van der Waals surface area contributed by atoms with Gasteiger partial charge in [0.25, 0.3) is 0 Å². The first-order chi connectivity index (χ1) is 8.61. The fourth-order valence-electron chi connectivity index (χ4n) is 1.87. The number of hydrogen-bond donors (Lipinski definition) is 2. The summed E-state index contributed by atoms with van der Waals surface area (Å²) in [5, 5.41) is 12.4. The Morgan fingerprint density at radius 1 is 1.17 bits per heavy atom. The first-order valence-corrected chi connectivity index (χ1v) is 7.96. The minimum absolute atomic E-state index is 0.0837. The van der Waals surface area contributed by atoms with E-state index in [-0.39, 0.29) is 5.92 Å². The van der Waals surface area contributed by atoms with Gasteiger partial charge in [0.05, 0.1) is 9.89 Å². The minimum atomic E-state index is -0.571. The second kappa shape index (κ2) is 6.30. The highest BCUT2D eigenvalue weighted by Crippen LogP contribution is 2.34. The number of rotatable bonds is 4. The summed E-state index contributed by atoms with van der Waals surface area (Å²) in [5.74, 6) is -0.0837.